The standard InChI is InChI=1S/C24H42O7/c1-9-18(26-5)17(4)21-14-24(25,31-21)16(3)12-10-11-15(2)22-19(27-6)13-20(28-7)23(29-8)30-22/h10-12,16-23,25H,9,13-14H2,1-8H3/b12-10+,15-11+/t16-,17+,18-,19-,20+,21+,22+,23+,24-/m0/s1. The lowest BCUT2D eigenvalue weighted by Gasteiger charge is -2.50. The summed E-state index contributed by atoms with van der Waals surface area (Å²) in [4.78, 5) is 0. The third-order valence-electron chi connectivity index (χ3n) is 6.87. The predicted molar refractivity (Wildman–Crippen MR) is 119 cm³/mol. The Bertz CT molecular complexity index is 595. The van der Waals surface area contributed by atoms with Gasteiger partial charge in [0.15, 0.2) is 12.1 Å². The summed E-state index contributed by atoms with van der Waals surface area (Å²) < 4.78 is 34.1. The molecule has 2 saturated heterocycles. The fourth-order valence-electron chi connectivity index (χ4n) is 4.56. The van der Waals surface area contributed by atoms with Crippen molar-refractivity contribution in [2.45, 2.75) is 89.6 Å². The van der Waals surface area contributed by atoms with Crippen LogP contribution in [-0.4, -0.2) is 76.1 Å². The molecule has 0 spiro atoms. The van der Waals surface area contributed by atoms with Gasteiger partial charge in [0.1, 0.15) is 12.2 Å². The third-order valence-corrected chi connectivity index (χ3v) is 6.87. The van der Waals surface area contributed by atoms with Crippen LogP contribution in [0.2, 0.25) is 0 Å². The molecule has 7 heteroatoms. The zero-order chi connectivity index (χ0) is 23.2. The van der Waals surface area contributed by atoms with Crippen molar-refractivity contribution in [1.29, 1.82) is 0 Å². The number of aliphatic hydroxyl groups is 1. The third kappa shape index (κ3) is 6.16. The van der Waals surface area contributed by atoms with Gasteiger partial charge in [-0.15, -0.1) is 0 Å². The van der Waals surface area contributed by atoms with Crippen molar-refractivity contribution in [2.75, 3.05) is 28.4 Å². The highest BCUT2D eigenvalue weighted by atomic mass is 16.7. The number of hydrogen-bond acceptors (Lipinski definition) is 7. The summed E-state index contributed by atoms with van der Waals surface area (Å²) in [6, 6.07) is 0. The quantitative estimate of drug-likeness (QED) is 0.491. The number of hydrogen-bond donors (Lipinski definition) is 1. The molecular formula is C24H42O7. The lowest BCUT2D eigenvalue weighted by atomic mass is 9.81. The monoisotopic (exact) mass is 442 g/mol. The number of allylic oxidation sites excluding steroid dienone is 2. The molecule has 0 radical (unpaired) electrons. The minimum Gasteiger partial charge on any atom is -0.381 e. The largest absolute Gasteiger partial charge is 0.381 e. The second-order valence-electron chi connectivity index (χ2n) is 8.78. The van der Waals surface area contributed by atoms with E-state index in [0.29, 0.717) is 12.8 Å². The van der Waals surface area contributed by atoms with E-state index in [0.717, 1.165) is 12.0 Å². The summed E-state index contributed by atoms with van der Waals surface area (Å²) in [5.74, 6) is -1.03. The average molecular weight is 443 g/mol. The summed E-state index contributed by atoms with van der Waals surface area (Å²) in [5.41, 5.74) is 1.02. The van der Waals surface area contributed by atoms with Gasteiger partial charge in [0, 0.05) is 53.1 Å². The molecule has 0 bridgehead atoms. The van der Waals surface area contributed by atoms with Gasteiger partial charge in [-0.25, -0.2) is 0 Å². The first-order valence-corrected chi connectivity index (χ1v) is 11.3. The fraction of sp³-hybridized carbons (Fsp3) is 0.833. The Balaban J connectivity index is 1.95. The average Bonchev–Trinajstić information content (AvgIpc) is 2.76. The predicted octanol–water partition coefficient (Wildman–Crippen LogP) is 3.46. The molecule has 7 nitrogen and oxygen atoms in total. The van der Waals surface area contributed by atoms with Crippen molar-refractivity contribution in [1.82, 2.24) is 0 Å². The van der Waals surface area contributed by atoms with Crippen molar-refractivity contribution < 1.29 is 33.5 Å². The first-order valence-electron chi connectivity index (χ1n) is 11.3. The van der Waals surface area contributed by atoms with Crippen LogP contribution in [0.1, 0.15) is 47.0 Å². The lowest BCUT2D eigenvalue weighted by Crippen LogP contribution is -2.58. The molecule has 9 atom stereocenters. The molecule has 0 aromatic carbocycles. The first kappa shape index (κ1) is 26.5. The van der Waals surface area contributed by atoms with Crippen LogP contribution < -0.4 is 0 Å². The molecule has 0 aromatic heterocycles. The lowest BCUT2D eigenvalue weighted by molar-refractivity contribution is -0.351. The maximum absolute atomic E-state index is 10.8. The minimum atomic E-state index is -1.13. The summed E-state index contributed by atoms with van der Waals surface area (Å²) in [6.45, 7) is 8.19. The smallest absolute Gasteiger partial charge is 0.184 e. The Morgan fingerprint density at radius 3 is 2.29 bits per heavy atom. The van der Waals surface area contributed by atoms with Crippen molar-refractivity contribution in [3.63, 3.8) is 0 Å². The van der Waals surface area contributed by atoms with Gasteiger partial charge in [0.2, 0.25) is 0 Å². The van der Waals surface area contributed by atoms with Crippen LogP contribution in [0.4, 0.5) is 0 Å². The van der Waals surface area contributed by atoms with E-state index >= 15 is 0 Å². The van der Waals surface area contributed by atoms with E-state index in [2.05, 4.69) is 13.8 Å². The van der Waals surface area contributed by atoms with Crippen LogP contribution in [-0.2, 0) is 28.4 Å². The maximum Gasteiger partial charge on any atom is 0.184 e. The summed E-state index contributed by atoms with van der Waals surface area (Å²) in [7, 11) is 6.67. The topological polar surface area (TPSA) is 75.6 Å². The van der Waals surface area contributed by atoms with Crippen molar-refractivity contribution >= 4 is 0 Å². The van der Waals surface area contributed by atoms with E-state index in [4.69, 9.17) is 28.4 Å². The van der Waals surface area contributed by atoms with Crippen molar-refractivity contribution in [2.24, 2.45) is 11.8 Å². The summed E-state index contributed by atoms with van der Waals surface area (Å²) in [5, 5.41) is 10.8. The van der Waals surface area contributed by atoms with Crippen LogP contribution in [0.5, 0.6) is 0 Å². The van der Waals surface area contributed by atoms with E-state index in [9.17, 15) is 5.11 Å². The van der Waals surface area contributed by atoms with Crippen LogP contribution in [0, 0.1) is 11.8 Å². The molecule has 31 heavy (non-hydrogen) atoms. The van der Waals surface area contributed by atoms with E-state index < -0.39 is 12.1 Å². The summed E-state index contributed by atoms with van der Waals surface area (Å²) in [6.07, 6.45) is 7.34. The molecule has 2 fully saturated rings. The molecule has 180 valence electrons. The number of methoxy groups -OCH3 is 4. The highest BCUT2D eigenvalue weighted by molar-refractivity contribution is 5.18. The SMILES string of the molecule is CC[C@H](OC)[C@@H](C)[C@H]1C[C@@](O)([C@@H](C)/C=C/C=C(\C)[C@H]2O[C@@H](OC)[C@H](OC)C[C@@H]2OC)O1. The molecular weight excluding hydrogens is 400 g/mol. The molecule has 0 unspecified atom stereocenters. The number of rotatable bonds is 11. The maximum atomic E-state index is 10.8. The molecule has 2 aliphatic rings. The first-order chi connectivity index (χ1) is 14.7. The van der Waals surface area contributed by atoms with E-state index in [1.54, 1.807) is 28.4 Å². The number of ether oxygens (including phenoxy) is 6. The van der Waals surface area contributed by atoms with Crippen molar-refractivity contribution in [3.05, 3.63) is 23.8 Å². The zero-order valence-electron chi connectivity index (χ0n) is 20.4. The van der Waals surface area contributed by atoms with Gasteiger partial charge < -0.3 is 33.5 Å². The van der Waals surface area contributed by atoms with Crippen LogP contribution in [0.3, 0.4) is 0 Å². The Morgan fingerprint density at radius 2 is 1.77 bits per heavy atom. The molecule has 1 N–H and O–H groups in total. The normalized spacial score (nSPS) is 37.5. The van der Waals surface area contributed by atoms with Crippen molar-refractivity contribution in [3.8, 4) is 0 Å². The highest BCUT2D eigenvalue weighted by Crippen LogP contribution is 2.42. The van der Waals surface area contributed by atoms with E-state index in [1.165, 1.54) is 0 Å². The summed E-state index contributed by atoms with van der Waals surface area (Å²) >= 11 is 0. The van der Waals surface area contributed by atoms with Gasteiger partial charge in [-0.05, 0) is 18.9 Å². The molecule has 0 aromatic rings. The Hall–Kier alpha value is -0.800. The van der Waals surface area contributed by atoms with Gasteiger partial charge in [0.25, 0.3) is 0 Å². The van der Waals surface area contributed by atoms with Gasteiger partial charge >= 0.3 is 0 Å². The van der Waals surface area contributed by atoms with Gasteiger partial charge in [-0.1, -0.05) is 39.0 Å². The van der Waals surface area contributed by atoms with Crippen LogP contribution in [0.25, 0.3) is 0 Å². The molecule has 0 amide bonds. The van der Waals surface area contributed by atoms with E-state index in [-0.39, 0.29) is 42.4 Å². The Kier molecular flexibility index (Phi) is 10.1. The zero-order valence-corrected chi connectivity index (χ0v) is 20.4. The van der Waals surface area contributed by atoms with Crippen LogP contribution >= 0.6 is 0 Å². The van der Waals surface area contributed by atoms with Gasteiger partial charge in [0.05, 0.1) is 18.3 Å². The highest BCUT2D eigenvalue weighted by Gasteiger charge is 2.50. The van der Waals surface area contributed by atoms with Gasteiger partial charge in [-0.2, -0.15) is 0 Å². The van der Waals surface area contributed by atoms with Gasteiger partial charge in [-0.3, -0.25) is 0 Å². The Morgan fingerprint density at radius 1 is 1.13 bits per heavy atom. The molecule has 2 rings (SSSR count). The van der Waals surface area contributed by atoms with E-state index in [1.807, 2.05) is 32.1 Å². The molecule has 2 heterocycles. The fourth-order valence-corrected chi connectivity index (χ4v) is 4.56. The second-order valence-corrected chi connectivity index (χ2v) is 8.78. The molecule has 2 aliphatic heterocycles. The minimum absolute atomic E-state index is 0.0147. The van der Waals surface area contributed by atoms with Crippen LogP contribution in [0.15, 0.2) is 23.8 Å². The Labute approximate surface area is 187 Å². The molecule has 0 saturated carbocycles. The second kappa shape index (κ2) is 11.9. The molecule has 0 aliphatic carbocycles.